The van der Waals surface area contributed by atoms with Gasteiger partial charge in [0.15, 0.2) is 0 Å². The van der Waals surface area contributed by atoms with Crippen LogP contribution in [-0.2, 0) is 35.5 Å². The Balaban J connectivity index is 0.000000166. The number of thiophene rings is 1. The minimum atomic E-state index is -4.32. The van der Waals surface area contributed by atoms with Gasteiger partial charge in [-0.2, -0.15) is 13.2 Å². The molecule has 0 aliphatic heterocycles. The summed E-state index contributed by atoms with van der Waals surface area (Å²) in [6, 6.07) is 79.8. The van der Waals surface area contributed by atoms with Crippen LogP contribution in [-0.4, -0.2) is 85.0 Å². The fourth-order valence-electron chi connectivity index (χ4n) is 18.1. The highest BCUT2D eigenvalue weighted by molar-refractivity contribution is 9.11. The summed E-state index contributed by atoms with van der Waals surface area (Å²) in [5.74, 6) is 6.82. The Labute approximate surface area is 887 Å². The maximum Gasteiger partial charge on any atom is 0.416 e. The van der Waals surface area contributed by atoms with Crippen LogP contribution in [0.3, 0.4) is 0 Å². The molecular weight excluding hydrogens is 2010 g/mol. The number of fused-ring (bicyclic) bond motifs is 3. The number of H-pyrrole nitrogens is 2. The van der Waals surface area contributed by atoms with Crippen molar-refractivity contribution in [3.8, 4) is 28.4 Å². The Kier molecular flexibility index (Phi) is 45.2. The van der Waals surface area contributed by atoms with E-state index < -0.39 is 21.8 Å². The lowest BCUT2D eigenvalue weighted by Gasteiger charge is -2.57. The van der Waals surface area contributed by atoms with E-state index >= 15 is 0 Å². The second kappa shape index (κ2) is 56.9. The standard InChI is InChI=1S/C18H17N3.C17H18O2.C13H22.C12H11F3N2.C12H14N2O2S.C9H10Cl2.C9H11Cl.C9H8FN.C8H9Cl.C8H8N2.C5H5BrS/c1-13-5-6-14(2)16(10-13)11-18-20-9-7-17(21-18)15-4-3-8-19-12-15;1-4-17(13-5-9-15(18-2)10-6-13)14-7-11-16(19-3)12-8-14;1-2-3-13-7-10-4-11(8-13)6-12(5-10)9-13;1-8-3-10(12(13,14)15)5-11(4-8)17-6-9(2)16-7-17;1-3-14(2)17(15,16)11-8-4-6-10-7-5-9-13-12(10)11;1-2-3-7-4-5-8(10)9(11)6-7;1-2-3-8-4-6-9(10)7-5-8;1-6-4-7-5-8(10)2-3-9(7)11-6;1-6-4-3-5-8(9)7(6)2;1-6-9-7-4-2-3-5-8(7)10-6;1-4-2-3-5(6)7-4/h3-10,12H,11H2,1-2H3;4-12H,1-3H3;10-12H,2-9H2,1H3;3-7H,1-2H3;4-9H,3H2,1-2H3;4-6H,2-3H2,1H3;4-7H,2-3H2,1H3;2-5,11H,1H3;3-5H,1-2H3;2-5H,1H3,(H,9,10);2-3H,1H3. The van der Waals surface area contributed by atoms with E-state index in [1.165, 1.54) is 106 Å². The summed E-state index contributed by atoms with van der Waals surface area (Å²) in [6.45, 7) is 28.7. The van der Waals surface area contributed by atoms with Crippen LogP contribution < -0.4 is 9.47 Å². The molecule has 0 atom stereocenters. The average Bonchev–Trinajstić information content (AvgIpc) is 1.60. The van der Waals surface area contributed by atoms with Crippen molar-refractivity contribution in [3.63, 3.8) is 0 Å². The van der Waals surface area contributed by atoms with Crippen molar-refractivity contribution in [1.82, 2.24) is 48.7 Å². The van der Waals surface area contributed by atoms with E-state index in [1.54, 1.807) is 145 Å². The molecule has 762 valence electrons. The molecule has 145 heavy (non-hydrogen) atoms. The topological polar surface area (TPSA) is 170 Å². The van der Waals surface area contributed by atoms with Crippen molar-refractivity contribution in [2.45, 2.75) is 191 Å². The van der Waals surface area contributed by atoms with E-state index in [-0.39, 0.29) is 10.7 Å². The number of aryl methyl sites for hydroxylation is 10. The summed E-state index contributed by atoms with van der Waals surface area (Å²) in [4.78, 5) is 33.5. The summed E-state index contributed by atoms with van der Waals surface area (Å²) in [7, 11) is 1.47. The van der Waals surface area contributed by atoms with Crippen LogP contribution in [0.1, 0.15) is 188 Å². The van der Waals surface area contributed by atoms with Crippen molar-refractivity contribution in [3.05, 3.63) is 417 Å². The number of nitrogens with zero attached hydrogens (tertiary/aromatic N) is 8. The normalized spacial score (nSPS) is 14.4. The number of benzene rings is 10. The number of sulfonamides is 1. The molecule has 10 aromatic carbocycles. The Morgan fingerprint density at radius 1 is 0.579 bits per heavy atom. The van der Waals surface area contributed by atoms with E-state index in [2.05, 4.69) is 183 Å². The number of aromatic amines is 2. The molecule has 4 aliphatic rings. The monoisotopic (exact) mass is 2140 g/mol. The first-order valence-electron chi connectivity index (χ1n) is 48.9. The number of aromatic nitrogens is 9. The van der Waals surface area contributed by atoms with Crippen LogP contribution in [0.25, 0.3) is 55.4 Å². The molecule has 0 spiro atoms. The van der Waals surface area contributed by atoms with Gasteiger partial charge in [0.1, 0.15) is 33.9 Å². The van der Waals surface area contributed by atoms with Crippen LogP contribution in [0.2, 0.25) is 20.1 Å². The summed E-state index contributed by atoms with van der Waals surface area (Å²) in [6.07, 6.45) is 25.9. The maximum absolute atomic E-state index is 12.6. The molecular formula is C120H133BrCl4F4N10O4S2. The highest BCUT2D eigenvalue weighted by Gasteiger charge is 2.50. The number of para-hydroxylation sites is 3. The fraction of sp³-hybridized carbons (Fsp3) is 0.300. The number of allylic oxidation sites excluding steroid dienone is 1. The number of alkyl halides is 3. The lowest BCUT2D eigenvalue weighted by Crippen LogP contribution is -2.45. The minimum absolute atomic E-state index is 0.184. The SMILES string of the molecule is CC=C(c1ccc(OC)cc1)c1ccc(OC)cc1.CCCC12CC3CC(CC(C3)C1)C2.CCCc1ccc(Cl)c(Cl)c1.CCCc1ccc(Cl)cc1.CCN(C)S(=O)(=O)c1cccc2cccnc12.Cc1cc(-n2cnc(C)c2)cc(C(F)(F)F)c1.Cc1cc2cc(F)ccc2[nH]1.Cc1ccc(Br)s1.Cc1ccc(C)c(Cc2nccc(-c3cccnc3)n2)c1.Cc1cccc(Cl)c1C.Cc1nc2ccccc2[nH]1. The molecule has 21 rings (SSSR count). The van der Waals surface area contributed by atoms with Crippen molar-refractivity contribution < 1.29 is 35.5 Å². The second-order valence-electron chi connectivity index (χ2n) is 36.7. The molecule has 17 aromatic rings. The van der Waals surface area contributed by atoms with Gasteiger partial charge in [-0.3, -0.25) is 9.97 Å². The maximum atomic E-state index is 12.6. The molecule has 14 nitrogen and oxygen atoms in total. The molecule has 0 unspecified atom stereocenters. The van der Waals surface area contributed by atoms with Crippen molar-refractivity contribution in [2.24, 2.45) is 23.2 Å². The van der Waals surface area contributed by atoms with E-state index in [0.29, 0.717) is 33.4 Å². The molecule has 4 bridgehead atoms. The van der Waals surface area contributed by atoms with Crippen molar-refractivity contribution in [1.29, 1.82) is 0 Å². The molecule has 0 amide bonds. The summed E-state index contributed by atoms with van der Waals surface area (Å²) in [5.41, 5.74) is 21.1. The molecule has 7 heterocycles. The molecule has 4 aliphatic carbocycles. The number of rotatable bonds is 17. The van der Waals surface area contributed by atoms with E-state index in [4.69, 9.17) is 55.9 Å². The zero-order valence-corrected chi connectivity index (χ0v) is 92.1. The van der Waals surface area contributed by atoms with Gasteiger partial charge in [0.05, 0.1) is 67.9 Å². The molecule has 2 N–H and O–H groups in total. The van der Waals surface area contributed by atoms with Gasteiger partial charge >= 0.3 is 6.18 Å². The van der Waals surface area contributed by atoms with Gasteiger partial charge in [0.2, 0.25) is 10.0 Å². The van der Waals surface area contributed by atoms with Gasteiger partial charge in [-0.15, -0.1) is 11.3 Å². The van der Waals surface area contributed by atoms with Gasteiger partial charge < -0.3 is 24.0 Å². The van der Waals surface area contributed by atoms with Gasteiger partial charge in [-0.25, -0.2) is 37.0 Å². The zero-order valence-electron chi connectivity index (χ0n) is 85.9. The van der Waals surface area contributed by atoms with Gasteiger partial charge in [-0.05, 0) is 373 Å². The molecule has 4 saturated carbocycles. The lowest BCUT2D eigenvalue weighted by atomic mass is 9.49. The summed E-state index contributed by atoms with van der Waals surface area (Å²) in [5, 5.41) is 4.72. The molecule has 4 fully saturated rings. The zero-order chi connectivity index (χ0) is 105. The molecule has 0 saturated heterocycles. The van der Waals surface area contributed by atoms with Crippen LogP contribution in [0.5, 0.6) is 11.5 Å². The first-order chi connectivity index (χ1) is 69.4. The Bertz CT molecular complexity index is 6920. The Morgan fingerprint density at radius 3 is 1.78 bits per heavy atom. The number of ether oxygens (including phenoxy) is 2. The summed E-state index contributed by atoms with van der Waals surface area (Å²) >= 11 is 28.2. The molecule has 7 aromatic heterocycles. The van der Waals surface area contributed by atoms with Crippen molar-refractivity contribution >= 4 is 122 Å². The first kappa shape index (κ1) is 115. The minimum Gasteiger partial charge on any atom is -0.497 e. The summed E-state index contributed by atoms with van der Waals surface area (Å²) < 4.78 is 89.6. The van der Waals surface area contributed by atoms with E-state index in [0.717, 1.165) is 144 Å². The van der Waals surface area contributed by atoms with Gasteiger partial charge in [-0.1, -0.05) is 208 Å². The number of pyridine rings is 2. The third-order valence-electron chi connectivity index (χ3n) is 25.1. The van der Waals surface area contributed by atoms with E-state index in [1.807, 2.05) is 167 Å². The number of hydrogen-bond donors (Lipinski definition) is 2. The van der Waals surface area contributed by atoms with Gasteiger partial charge in [0.25, 0.3) is 0 Å². The molecule has 25 heteroatoms. The fourth-order valence-corrected chi connectivity index (χ4v) is 21.6. The smallest absolute Gasteiger partial charge is 0.416 e. The third-order valence-corrected chi connectivity index (χ3v) is 30.0. The first-order valence-corrected chi connectivity index (χ1v) is 53.5. The van der Waals surface area contributed by atoms with E-state index in [9.17, 15) is 26.0 Å². The van der Waals surface area contributed by atoms with Crippen LogP contribution in [0, 0.1) is 91.3 Å². The highest BCUT2D eigenvalue weighted by Crippen LogP contribution is 2.61. The average molecular weight is 2140 g/mol. The number of halogens is 9. The predicted octanol–water partition coefficient (Wildman–Crippen LogP) is 34.8. The Hall–Kier alpha value is -11.6. The number of imidazole rings is 2. The largest absolute Gasteiger partial charge is 0.497 e. The van der Waals surface area contributed by atoms with Crippen LogP contribution >= 0.6 is 73.7 Å². The second-order valence-corrected chi connectivity index (χ2v) is 43.0. The van der Waals surface area contributed by atoms with Crippen molar-refractivity contribution in [2.75, 3.05) is 27.8 Å². The van der Waals surface area contributed by atoms with Crippen LogP contribution in [0.15, 0.2) is 307 Å². The quantitative estimate of drug-likeness (QED) is 0.0837. The number of hydrogen-bond acceptors (Lipinski definition) is 11. The highest BCUT2D eigenvalue weighted by atomic mass is 79.9. The Morgan fingerprint density at radius 2 is 1.22 bits per heavy atom. The lowest BCUT2D eigenvalue weighted by molar-refractivity contribution is -0.137. The van der Waals surface area contributed by atoms with Crippen LogP contribution in [0.4, 0.5) is 17.6 Å². The molecule has 0 radical (unpaired) electrons. The number of methoxy groups -OCH3 is 2. The number of nitrogens with one attached hydrogen (secondary N) is 2. The van der Waals surface area contributed by atoms with Gasteiger partial charge in [0, 0.05) is 99.2 Å². The predicted molar refractivity (Wildman–Crippen MR) is 601 cm³/mol. The third kappa shape index (κ3) is 35.9.